The van der Waals surface area contributed by atoms with Gasteiger partial charge in [0.25, 0.3) is 0 Å². The van der Waals surface area contributed by atoms with E-state index in [4.69, 9.17) is 4.74 Å². The number of fused-ring (bicyclic) bond motifs is 1. The molecule has 3 aliphatic heterocycles. The summed E-state index contributed by atoms with van der Waals surface area (Å²) in [7, 11) is 0. The minimum Gasteiger partial charge on any atom is -0.393 e. The lowest BCUT2D eigenvalue weighted by molar-refractivity contribution is -0.120. The van der Waals surface area contributed by atoms with Gasteiger partial charge >= 0.3 is 0 Å². The van der Waals surface area contributed by atoms with Crippen LogP contribution in [0.4, 0.5) is 10.1 Å². The zero-order valence-electron chi connectivity index (χ0n) is 20.4. The molecule has 7 heteroatoms. The summed E-state index contributed by atoms with van der Waals surface area (Å²) in [5.41, 5.74) is 4.03. The molecule has 1 saturated heterocycles. The van der Waals surface area contributed by atoms with Gasteiger partial charge in [0.05, 0.1) is 23.7 Å². The largest absolute Gasteiger partial charge is 0.393 e. The van der Waals surface area contributed by atoms with Gasteiger partial charge in [-0.05, 0) is 73.2 Å². The maximum absolute atomic E-state index is 13.9. The second kappa shape index (κ2) is 9.82. The summed E-state index contributed by atoms with van der Waals surface area (Å²) in [5, 5.41) is 16.0. The number of amides is 1. The van der Waals surface area contributed by atoms with E-state index in [0.717, 1.165) is 56.7 Å². The molecule has 3 aliphatic rings. The lowest BCUT2D eigenvalue weighted by atomic mass is 9.90. The number of benzene rings is 2. The predicted octanol–water partition coefficient (Wildman–Crippen LogP) is 3.67. The van der Waals surface area contributed by atoms with Crippen LogP contribution in [-0.2, 0) is 16.1 Å². The normalized spacial score (nSPS) is 24.3. The van der Waals surface area contributed by atoms with Crippen LogP contribution in [0.2, 0.25) is 0 Å². The average molecular weight is 480 g/mol. The standard InChI is InChI=1S/C28H34FN3O3/c1-28(2)23(16-25(35-28)26-22-15-20(29)7-8-24(22)31-27(26)34)19-5-3-18(4-6-19)17-30-11-14-32-12-9-21(33)10-13-32/h3-8,15-16,21,25-26,30,33H,9-14,17H2,1-2H3,(H,31,34). The Morgan fingerprint density at radius 1 is 1.17 bits per heavy atom. The summed E-state index contributed by atoms with van der Waals surface area (Å²) in [4.78, 5) is 15.1. The van der Waals surface area contributed by atoms with Crippen molar-refractivity contribution >= 4 is 17.2 Å². The predicted molar refractivity (Wildman–Crippen MR) is 135 cm³/mol. The Morgan fingerprint density at radius 2 is 1.91 bits per heavy atom. The van der Waals surface area contributed by atoms with Gasteiger partial charge in [0, 0.05) is 38.4 Å². The third kappa shape index (κ3) is 5.19. The fourth-order valence-electron chi connectivity index (χ4n) is 5.41. The monoisotopic (exact) mass is 479 g/mol. The molecule has 186 valence electrons. The van der Waals surface area contributed by atoms with Gasteiger partial charge in [0.2, 0.25) is 5.91 Å². The Kier molecular flexibility index (Phi) is 6.77. The van der Waals surface area contributed by atoms with Crippen molar-refractivity contribution in [1.29, 1.82) is 0 Å². The quantitative estimate of drug-likeness (QED) is 0.529. The first-order valence-electron chi connectivity index (χ1n) is 12.5. The van der Waals surface area contributed by atoms with Gasteiger partial charge in [0.1, 0.15) is 5.82 Å². The molecule has 3 N–H and O–H groups in total. The van der Waals surface area contributed by atoms with Gasteiger partial charge < -0.3 is 25.4 Å². The zero-order valence-corrected chi connectivity index (χ0v) is 20.4. The molecule has 35 heavy (non-hydrogen) atoms. The third-order valence-electron chi connectivity index (χ3n) is 7.38. The van der Waals surface area contributed by atoms with E-state index < -0.39 is 17.6 Å². The highest BCUT2D eigenvalue weighted by molar-refractivity contribution is 6.03. The highest BCUT2D eigenvalue weighted by atomic mass is 19.1. The maximum atomic E-state index is 13.9. The SMILES string of the molecule is CC1(C)OC(C2C(=O)Nc3ccc(F)cc32)C=C1c1ccc(CNCCN2CCC(O)CC2)cc1. The van der Waals surface area contributed by atoms with E-state index in [2.05, 4.69) is 39.8 Å². The van der Waals surface area contributed by atoms with Crippen LogP contribution in [0.25, 0.3) is 5.57 Å². The number of anilines is 1. The van der Waals surface area contributed by atoms with E-state index in [1.54, 1.807) is 6.07 Å². The van der Waals surface area contributed by atoms with E-state index in [-0.39, 0.29) is 17.8 Å². The number of piperidine rings is 1. The van der Waals surface area contributed by atoms with Gasteiger partial charge in [-0.2, -0.15) is 0 Å². The minimum atomic E-state index is -0.567. The lowest BCUT2D eigenvalue weighted by Gasteiger charge is -2.29. The summed E-state index contributed by atoms with van der Waals surface area (Å²) >= 11 is 0. The van der Waals surface area contributed by atoms with Crippen LogP contribution in [0.5, 0.6) is 0 Å². The third-order valence-corrected chi connectivity index (χ3v) is 7.38. The van der Waals surface area contributed by atoms with Gasteiger partial charge in [-0.15, -0.1) is 0 Å². The van der Waals surface area contributed by atoms with Crippen LogP contribution >= 0.6 is 0 Å². The van der Waals surface area contributed by atoms with Crippen molar-refractivity contribution in [1.82, 2.24) is 10.2 Å². The molecule has 3 heterocycles. The van der Waals surface area contributed by atoms with Crippen molar-refractivity contribution in [3.8, 4) is 0 Å². The first kappa shape index (κ1) is 24.1. The van der Waals surface area contributed by atoms with Gasteiger partial charge in [-0.25, -0.2) is 4.39 Å². The van der Waals surface area contributed by atoms with Crippen molar-refractivity contribution < 1.29 is 19.0 Å². The number of rotatable bonds is 7. The smallest absolute Gasteiger partial charge is 0.234 e. The first-order chi connectivity index (χ1) is 16.8. The average Bonchev–Trinajstić information content (AvgIpc) is 3.32. The molecular formula is C28H34FN3O3. The fraction of sp³-hybridized carbons (Fsp3) is 0.464. The molecule has 0 aliphatic carbocycles. The summed E-state index contributed by atoms with van der Waals surface area (Å²) in [6.45, 7) is 8.65. The van der Waals surface area contributed by atoms with Crippen LogP contribution in [0.15, 0.2) is 48.5 Å². The van der Waals surface area contributed by atoms with Gasteiger partial charge in [-0.1, -0.05) is 24.3 Å². The molecule has 1 fully saturated rings. The van der Waals surface area contributed by atoms with Gasteiger partial charge in [-0.3, -0.25) is 4.79 Å². The van der Waals surface area contributed by atoms with Crippen LogP contribution in [-0.4, -0.2) is 59.9 Å². The van der Waals surface area contributed by atoms with Crippen molar-refractivity contribution in [3.05, 3.63) is 71.0 Å². The number of aliphatic hydroxyl groups excluding tert-OH is 1. The molecular weight excluding hydrogens is 445 g/mol. The van der Waals surface area contributed by atoms with E-state index in [0.29, 0.717) is 11.3 Å². The number of aliphatic hydroxyl groups is 1. The summed E-state index contributed by atoms with van der Waals surface area (Å²) < 4.78 is 20.2. The number of hydrogen-bond donors (Lipinski definition) is 3. The van der Waals surface area contributed by atoms with Crippen molar-refractivity contribution in [2.45, 2.75) is 57.0 Å². The second-order valence-electron chi connectivity index (χ2n) is 10.3. The highest BCUT2D eigenvalue weighted by Crippen LogP contribution is 2.45. The van der Waals surface area contributed by atoms with Crippen LogP contribution < -0.4 is 10.6 Å². The topological polar surface area (TPSA) is 73.8 Å². The molecule has 5 rings (SSSR count). The molecule has 0 spiro atoms. The van der Waals surface area contributed by atoms with Crippen LogP contribution in [0.3, 0.4) is 0 Å². The molecule has 0 aromatic heterocycles. The van der Waals surface area contributed by atoms with E-state index in [1.165, 1.54) is 17.7 Å². The Hall–Kier alpha value is -2.58. The summed E-state index contributed by atoms with van der Waals surface area (Å²) in [6, 6.07) is 12.8. The highest BCUT2D eigenvalue weighted by Gasteiger charge is 2.44. The number of hydrogen-bond acceptors (Lipinski definition) is 5. The lowest BCUT2D eigenvalue weighted by Crippen LogP contribution is -2.39. The molecule has 2 atom stereocenters. The molecule has 2 unspecified atom stereocenters. The molecule has 0 saturated carbocycles. The molecule has 0 bridgehead atoms. The Balaban J connectivity index is 1.22. The Labute approximate surface area is 206 Å². The number of nitrogens with one attached hydrogen (secondary N) is 2. The number of ether oxygens (including phenoxy) is 1. The molecule has 0 radical (unpaired) electrons. The van der Waals surface area contributed by atoms with E-state index >= 15 is 0 Å². The summed E-state index contributed by atoms with van der Waals surface area (Å²) in [6.07, 6.45) is 3.17. The molecule has 2 aromatic carbocycles. The Morgan fingerprint density at radius 3 is 2.66 bits per heavy atom. The van der Waals surface area contributed by atoms with Crippen molar-refractivity contribution in [3.63, 3.8) is 0 Å². The van der Waals surface area contributed by atoms with Crippen molar-refractivity contribution in [2.75, 3.05) is 31.5 Å². The fourth-order valence-corrected chi connectivity index (χ4v) is 5.41. The van der Waals surface area contributed by atoms with E-state index in [9.17, 15) is 14.3 Å². The minimum absolute atomic E-state index is 0.132. The molecule has 2 aromatic rings. The number of nitrogens with zero attached hydrogens (tertiary/aromatic N) is 1. The first-order valence-corrected chi connectivity index (χ1v) is 12.5. The summed E-state index contributed by atoms with van der Waals surface area (Å²) in [5.74, 6) is -1.08. The zero-order chi connectivity index (χ0) is 24.6. The second-order valence-corrected chi connectivity index (χ2v) is 10.3. The number of carbonyl (C=O) groups excluding carboxylic acids is 1. The number of halogens is 1. The number of carbonyl (C=O) groups is 1. The van der Waals surface area contributed by atoms with Gasteiger partial charge in [0.15, 0.2) is 0 Å². The Bertz CT molecular complexity index is 1110. The van der Waals surface area contributed by atoms with Crippen molar-refractivity contribution in [2.24, 2.45) is 0 Å². The maximum Gasteiger partial charge on any atom is 0.234 e. The van der Waals surface area contributed by atoms with Crippen LogP contribution in [0.1, 0.15) is 49.3 Å². The molecule has 6 nitrogen and oxygen atoms in total. The number of likely N-dealkylation sites (tertiary alicyclic amines) is 1. The van der Waals surface area contributed by atoms with E-state index in [1.807, 2.05) is 19.9 Å². The van der Waals surface area contributed by atoms with Crippen LogP contribution in [0, 0.1) is 5.82 Å². The molecule has 1 amide bonds.